The van der Waals surface area contributed by atoms with E-state index in [-0.39, 0.29) is 5.78 Å². The minimum atomic E-state index is 0.237. The molecule has 0 aromatic heterocycles. The molecule has 0 radical (unpaired) electrons. The molecule has 1 aliphatic rings. The number of hydrogen-bond acceptors (Lipinski definition) is 2. The van der Waals surface area contributed by atoms with Gasteiger partial charge in [0.1, 0.15) is 0 Å². The molecule has 0 atom stereocenters. The molecule has 1 aromatic carbocycles. The summed E-state index contributed by atoms with van der Waals surface area (Å²) < 4.78 is 0.905. The van der Waals surface area contributed by atoms with Gasteiger partial charge in [-0.15, -0.1) is 0 Å². The Bertz CT molecular complexity index is 470. The summed E-state index contributed by atoms with van der Waals surface area (Å²) in [5.74, 6) is 0.237. The number of nitrogens with zero attached hydrogens (tertiary/aromatic N) is 1. The summed E-state index contributed by atoms with van der Waals surface area (Å²) in [6.45, 7) is 7.84. The third-order valence-electron chi connectivity index (χ3n) is 4.26. The average Bonchev–Trinajstić information content (AvgIpc) is 2.57. The Morgan fingerprint density at radius 1 is 1.25 bits per heavy atom. The van der Waals surface area contributed by atoms with Crippen molar-refractivity contribution in [1.29, 1.82) is 0 Å². The second kappa shape index (κ2) is 6.86. The highest BCUT2D eigenvalue weighted by Gasteiger charge is 2.23. The number of ketones is 1. The SMILES string of the molecule is CC1(C)CCCN(CCC(=O)c2ccccc2Br)CC1. The minimum absolute atomic E-state index is 0.237. The molecule has 0 bridgehead atoms. The van der Waals surface area contributed by atoms with Crippen LogP contribution in [0.4, 0.5) is 0 Å². The molecule has 0 N–H and O–H groups in total. The molecule has 110 valence electrons. The lowest BCUT2D eigenvalue weighted by Crippen LogP contribution is -2.28. The fraction of sp³-hybridized carbons (Fsp3) is 0.588. The van der Waals surface area contributed by atoms with Gasteiger partial charge in [-0.05, 0) is 43.8 Å². The standard InChI is InChI=1S/C17H24BrNO/c1-17(2)9-5-11-19(13-10-17)12-8-16(20)14-6-3-4-7-15(14)18/h3-4,6-7H,5,8-13H2,1-2H3. The lowest BCUT2D eigenvalue weighted by molar-refractivity contribution is 0.0963. The minimum Gasteiger partial charge on any atom is -0.303 e. The largest absolute Gasteiger partial charge is 0.303 e. The number of carbonyl (C=O) groups excluding carboxylic acids is 1. The smallest absolute Gasteiger partial charge is 0.165 e. The molecule has 0 amide bonds. The van der Waals surface area contributed by atoms with Crippen LogP contribution in [0.3, 0.4) is 0 Å². The van der Waals surface area contributed by atoms with Crippen molar-refractivity contribution in [2.45, 2.75) is 39.5 Å². The maximum Gasteiger partial charge on any atom is 0.165 e. The third-order valence-corrected chi connectivity index (χ3v) is 4.95. The van der Waals surface area contributed by atoms with E-state index in [1.54, 1.807) is 0 Å². The number of rotatable bonds is 4. The Hall–Kier alpha value is -0.670. The highest BCUT2D eigenvalue weighted by molar-refractivity contribution is 9.10. The molecular formula is C17H24BrNO. The van der Waals surface area contributed by atoms with Crippen LogP contribution in [0.1, 0.15) is 49.9 Å². The van der Waals surface area contributed by atoms with Crippen molar-refractivity contribution in [3.63, 3.8) is 0 Å². The Labute approximate surface area is 130 Å². The predicted octanol–water partition coefficient (Wildman–Crippen LogP) is 4.53. The summed E-state index contributed by atoms with van der Waals surface area (Å²) in [6, 6.07) is 7.70. The lowest BCUT2D eigenvalue weighted by atomic mass is 9.85. The van der Waals surface area contributed by atoms with Gasteiger partial charge in [-0.25, -0.2) is 0 Å². The van der Waals surface area contributed by atoms with Crippen LogP contribution >= 0.6 is 15.9 Å². The van der Waals surface area contributed by atoms with E-state index in [9.17, 15) is 4.79 Å². The van der Waals surface area contributed by atoms with Crippen molar-refractivity contribution in [2.24, 2.45) is 5.41 Å². The Balaban J connectivity index is 1.86. The summed E-state index contributed by atoms with van der Waals surface area (Å²) in [6.07, 6.45) is 4.39. The van der Waals surface area contributed by atoms with Crippen molar-refractivity contribution in [3.8, 4) is 0 Å². The molecule has 1 saturated heterocycles. The Morgan fingerprint density at radius 3 is 2.75 bits per heavy atom. The fourth-order valence-electron chi connectivity index (χ4n) is 2.78. The van der Waals surface area contributed by atoms with Crippen LogP contribution in [0.5, 0.6) is 0 Å². The average molecular weight is 338 g/mol. The van der Waals surface area contributed by atoms with E-state index in [1.807, 2.05) is 24.3 Å². The molecule has 0 spiro atoms. The summed E-state index contributed by atoms with van der Waals surface area (Å²) in [5, 5.41) is 0. The van der Waals surface area contributed by atoms with Crippen LogP contribution in [0.25, 0.3) is 0 Å². The number of Topliss-reactive ketones (excluding diaryl/α,β-unsaturated/α-hetero) is 1. The summed E-state index contributed by atoms with van der Waals surface area (Å²) in [7, 11) is 0. The van der Waals surface area contributed by atoms with E-state index in [1.165, 1.54) is 19.3 Å². The van der Waals surface area contributed by atoms with E-state index in [4.69, 9.17) is 0 Å². The number of likely N-dealkylation sites (tertiary alicyclic amines) is 1. The van der Waals surface area contributed by atoms with Gasteiger partial charge in [0.05, 0.1) is 0 Å². The van der Waals surface area contributed by atoms with E-state index in [0.29, 0.717) is 11.8 Å². The van der Waals surface area contributed by atoms with Gasteiger partial charge in [-0.1, -0.05) is 48.0 Å². The second-order valence-electron chi connectivity index (χ2n) is 6.51. The van der Waals surface area contributed by atoms with Crippen LogP contribution in [-0.4, -0.2) is 30.3 Å². The summed E-state index contributed by atoms with van der Waals surface area (Å²) in [4.78, 5) is 14.7. The van der Waals surface area contributed by atoms with E-state index in [2.05, 4.69) is 34.7 Å². The van der Waals surface area contributed by atoms with E-state index in [0.717, 1.165) is 29.7 Å². The van der Waals surface area contributed by atoms with Gasteiger partial charge in [0.15, 0.2) is 5.78 Å². The zero-order chi connectivity index (χ0) is 14.6. The maximum atomic E-state index is 12.3. The molecule has 2 rings (SSSR count). The molecule has 3 heteroatoms. The van der Waals surface area contributed by atoms with E-state index < -0.39 is 0 Å². The zero-order valence-electron chi connectivity index (χ0n) is 12.5. The molecule has 1 aromatic rings. The quantitative estimate of drug-likeness (QED) is 0.752. The van der Waals surface area contributed by atoms with Crippen molar-refractivity contribution in [3.05, 3.63) is 34.3 Å². The molecular weight excluding hydrogens is 314 g/mol. The Kier molecular flexibility index (Phi) is 5.39. The first kappa shape index (κ1) is 15.7. The topological polar surface area (TPSA) is 20.3 Å². The molecule has 20 heavy (non-hydrogen) atoms. The van der Waals surface area contributed by atoms with Crippen molar-refractivity contribution >= 4 is 21.7 Å². The molecule has 1 heterocycles. The maximum absolute atomic E-state index is 12.3. The van der Waals surface area contributed by atoms with Crippen molar-refractivity contribution in [2.75, 3.05) is 19.6 Å². The van der Waals surface area contributed by atoms with Crippen LogP contribution < -0.4 is 0 Å². The number of halogens is 1. The molecule has 1 aliphatic heterocycles. The van der Waals surface area contributed by atoms with Gasteiger partial charge >= 0.3 is 0 Å². The molecule has 2 nitrogen and oxygen atoms in total. The van der Waals surface area contributed by atoms with E-state index >= 15 is 0 Å². The van der Waals surface area contributed by atoms with Gasteiger partial charge < -0.3 is 4.90 Å². The summed E-state index contributed by atoms with van der Waals surface area (Å²) in [5.41, 5.74) is 1.27. The first-order chi connectivity index (χ1) is 9.48. The third kappa shape index (κ3) is 4.42. The van der Waals surface area contributed by atoms with Crippen LogP contribution in [0.15, 0.2) is 28.7 Å². The number of hydrogen-bond donors (Lipinski definition) is 0. The van der Waals surface area contributed by atoms with Crippen LogP contribution in [0, 0.1) is 5.41 Å². The first-order valence-corrected chi connectivity index (χ1v) is 8.27. The number of benzene rings is 1. The lowest BCUT2D eigenvalue weighted by Gasteiger charge is -2.23. The first-order valence-electron chi connectivity index (χ1n) is 7.48. The number of carbonyl (C=O) groups is 1. The molecule has 0 saturated carbocycles. The van der Waals surface area contributed by atoms with Crippen molar-refractivity contribution < 1.29 is 4.79 Å². The van der Waals surface area contributed by atoms with Crippen molar-refractivity contribution in [1.82, 2.24) is 4.90 Å². The van der Waals surface area contributed by atoms with Gasteiger partial charge in [-0.2, -0.15) is 0 Å². The fourth-order valence-corrected chi connectivity index (χ4v) is 3.29. The second-order valence-corrected chi connectivity index (χ2v) is 7.37. The van der Waals surface area contributed by atoms with Crippen LogP contribution in [-0.2, 0) is 0 Å². The van der Waals surface area contributed by atoms with Gasteiger partial charge in [0.2, 0.25) is 0 Å². The summed E-state index contributed by atoms with van der Waals surface area (Å²) >= 11 is 3.46. The van der Waals surface area contributed by atoms with Gasteiger partial charge in [0.25, 0.3) is 0 Å². The molecule has 0 aliphatic carbocycles. The monoisotopic (exact) mass is 337 g/mol. The zero-order valence-corrected chi connectivity index (χ0v) is 14.1. The molecule has 1 fully saturated rings. The van der Waals surface area contributed by atoms with Gasteiger partial charge in [0, 0.05) is 23.0 Å². The highest BCUT2D eigenvalue weighted by atomic mass is 79.9. The normalized spacial score (nSPS) is 19.6. The predicted molar refractivity (Wildman–Crippen MR) is 87.2 cm³/mol. The van der Waals surface area contributed by atoms with Gasteiger partial charge in [-0.3, -0.25) is 4.79 Å². The van der Waals surface area contributed by atoms with Crippen LogP contribution in [0.2, 0.25) is 0 Å². The Morgan fingerprint density at radius 2 is 2.00 bits per heavy atom. The highest BCUT2D eigenvalue weighted by Crippen LogP contribution is 2.29. The molecule has 0 unspecified atom stereocenters.